The van der Waals surface area contributed by atoms with E-state index in [1.165, 1.54) is 16.8 Å². The zero-order chi connectivity index (χ0) is 12.4. The second kappa shape index (κ2) is 4.86. The van der Waals surface area contributed by atoms with Crippen LogP contribution in [0, 0.1) is 5.82 Å². The van der Waals surface area contributed by atoms with Crippen molar-refractivity contribution < 1.29 is 4.39 Å². The third kappa shape index (κ3) is 2.41. The quantitative estimate of drug-likeness (QED) is 0.684. The number of hydrogen-bond donors (Lipinski definition) is 0. The number of halogens is 1. The first-order valence-corrected chi connectivity index (χ1v) is 6.72. The minimum absolute atomic E-state index is 0.182. The van der Waals surface area contributed by atoms with Crippen molar-refractivity contribution in [2.75, 3.05) is 0 Å². The first-order valence-electron chi connectivity index (χ1n) is 5.90. The van der Waals surface area contributed by atoms with E-state index in [0.717, 1.165) is 28.9 Å². The van der Waals surface area contributed by atoms with Gasteiger partial charge < -0.3 is 0 Å². The number of para-hydroxylation sites is 1. The van der Waals surface area contributed by atoms with Gasteiger partial charge in [0.1, 0.15) is 5.82 Å². The lowest BCUT2D eigenvalue weighted by molar-refractivity contribution is 0.627. The number of hydrogen-bond acceptors (Lipinski definition) is 2. The Hall–Kier alpha value is -1.74. The highest BCUT2D eigenvalue weighted by Gasteiger charge is 2.03. The third-order valence-electron chi connectivity index (χ3n) is 2.88. The zero-order valence-electron chi connectivity index (χ0n) is 9.77. The first-order chi connectivity index (χ1) is 8.81. The summed E-state index contributed by atoms with van der Waals surface area (Å²) in [4.78, 5) is 4.59. The van der Waals surface area contributed by atoms with Crippen molar-refractivity contribution in [3.8, 4) is 0 Å². The lowest BCUT2D eigenvalue weighted by Crippen LogP contribution is -1.90. The standard InChI is InChI=1S/C15H12FNS/c16-12-8-5-11(6-9-12)7-10-15-17-13-3-1-2-4-14(13)18-15/h1-6,8-9H,7,10H2. The van der Waals surface area contributed by atoms with Gasteiger partial charge in [0, 0.05) is 6.42 Å². The SMILES string of the molecule is Fc1ccc(CCc2nc3ccccc3s2)cc1. The lowest BCUT2D eigenvalue weighted by Gasteiger charge is -1.98. The Kier molecular flexibility index (Phi) is 3.07. The molecule has 0 spiro atoms. The van der Waals surface area contributed by atoms with Crippen LogP contribution in [0.25, 0.3) is 10.2 Å². The molecule has 0 aliphatic heterocycles. The summed E-state index contributed by atoms with van der Waals surface area (Å²) < 4.78 is 14.0. The summed E-state index contributed by atoms with van der Waals surface area (Å²) in [6, 6.07) is 14.9. The summed E-state index contributed by atoms with van der Waals surface area (Å²) in [5.41, 5.74) is 2.22. The van der Waals surface area contributed by atoms with Gasteiger partial charge in [-0.1, -0.05) is 24.3 Å². The van der Waals surface area contributed by atoms with Gasteiger partial charge in [0.05, 0.1) is 15.2 Å². The number of nitrogens with zero attached hydrogens (tertiary/aromatic N) is 1. The smallest absolute Gasteiger partial charge is 0.123 e. The van der Waals surface area contributed by atoms with Crippen LogP contribution in [0.2, 0.25) is 0 Å². The van der Waals surface area contributed by atoms with Gasteiger partial charge in [-0.05, 0) is 36.2 Å². The Balaban J connectivity index is 1.74. The molecule has 0 saturated heterocycles. The van der Waals surface area contributed by atoms with Gasteiger partial charge in [0.15, 0.2) is 0 Å². The van der Waals surface area contributed by atoms with Gasteiger partial charge in [0.25, 0.3) is 0 Å². The monoisotopic (exact) mass is 257 g/mol. The molecule has 18 heavy (non-hydrogen) atoms. The lowest BCUT2D eigenvalue weighted by atomic mass is 10.1. The molecule has 0 unspecified atom stereocenters. The van der Waals surface area contributed by atoms with E-state index in [-0.39, 0.29) is 5.82 Å². The molecule has 0 fully saturated rings. The van der Waals surface area contributed by atoms with E-state index in [2.05, 4.69) is 11.1 Å². The average molecular weight is 257 g/mol. The fraction of sp³-hybridized carbons (Fsp3) is 0.133. The largest absolute Gasteiger partial charge is 0.241 e. The topological polar surface area (TPSA) is 12.9 Å². The fourth-order valence-electron chi connectivity index (χ4n) is 1.93. The van der Waals surface area contributed by atoms with Crippen LogP contribution in [0.5, 0.6) is 0 Å². The van der Waals surface area contributed by atoms with E-state index < -0.39 is 0 Å². The summed E-state index contributed by atoms with van der Waals surface area (Å²) in [6.07, 6.45) is 1.81. The molecule has 0 N–H and O–H groups in total. The molecule has 0 aliphatic carbocycles. The van der Waals surface area contributed by atoms with Crippen molar-refractivity contribution in [3.63, 3.8) is 0 Å². The van der Waals surface area contributed by atoms with E-state index in [1.807, 2.05) is 30.3 Å². The van der Waals surface area contributed by atoms with E-state index in [0.29, 0.717) is 0 Å². The van der Waals surface area contributed by atoms with E-state index in [1.54, 1.807) is 11.3 Å². The zero-order valence-corrected chi connectivity index (χ0v) is 10.6. The molecule has 0 radical (unpaired) electrons. The van der Waals surface area contributed by atoms with Crippen molar-refractivity contribution in [2.45, 2.75) is 12.8 Å². The normalized spacial score (nSPS) is 10.9. The predicted octanol–water partition coefficient (Wildman–Crippen LogP) is 4.22. The molecule has 0 amide bonds. The fourth-order valence-corrected chi connectivity index (χ4v) is 2.90. The number of fused-ring (bicyclic) bond motifs is 1. The molecule has 3 rings (SSSR count). The van der Waals surface area contributed by atoms with Gasteiger partial charge in [-0.2, -0.15) is 0 Å². The Labute approximate surface area is 109 Å². The van der Waals surface area contributed by atoms with Crippen molar-refractivity contribution >= 4 is 21.6 Å². The maximum absolute atomic E-state index is 12.8. The highest BCUT2D eigenvalue weighted by Crippen LogP contribution is 2.22. The number of benzene rings is 2. The Morgan fingerprint density at radius 1 is 0.944 bits per heavy atom. The Morgan fingerprint density at radius 3 is 2.50 bits per heavy atom. The molecule has 3 aromatic rings. The molecule has 90 valence electrons. The van der Waals surface area contributed by atoms with Gasteiger partial charge in [-0.25, -0.2) is 9.37 Å². The van der Waals surface area contributed by atoms with Crippen LogP contribution in [-0.4, -0.2) is 4.98 Å². The van der Waals surface area contributed by atoms with Gasteiger partial charge >= 0.3 is 0 Å². The summed E-state index contributed by atoms with van der Waals surface area (Å²) in [5, 5.41) is 1.14. The maximum Gasteiger partial charge on any atom is 0.123 e. The van der Waals surface area contributed by atoms with Crippen LogP contribution >= 0.6 is 11.3 Å². The van der Waals surface area contributed by atoms with Crippen LogP contribution in [0.1, 0.15) is 10.6 Å². The molecular weight excluding hydrogens is 245 g/mol. The molecule has 0 bridgehead atoms. The predicted molar refractivity (Wildman–Crippen MR) is 73.4 cm³/mol. The first kappa shape index (κ1) is 11.4. The Bertz CT molecular complexity index is 625. The second-order valence-electron chi connectivity index (χ2n) is 4.20. The molecule has 0 atom stereocenters. The van der Waals surface area contributed by atoms with E-state index in [4.69, 9.17) is 0 Å². The number of thiazole rings is 1. The second-order valence-corrected chi connectivity index (χ2v) is 5.32. The highest BCUT2D eigenvalue weighted by atomic mass is 32.1. The summed E-state index contributed by atoms with van der Waals surface area (Å²) in [5.74, 6) is -0.182. The molecule has 1 nitrogen and oxygen atoms in total. The third-order valence-corrected chi connectivity index (χ3v) is 3.98. The number of rotatable bonds is 3. The van der Waals surface area contributed by atoms with Crippen LogP contribution in [0.4, 0.5) is 4.39 Å². The molecule has 3 heteroatoms. The van der Waals surface area contributed by atoms with Crippen molar-refractivity contribution in [3.05, 3.63) is 64.9 Å². The molecular formula is C15H12FNS. The van der Waals surface area contributed by atoms with Crippen molar-refractivity contribution in [1.82, 2.24) is 4.98 Å². The van der Waals surface area contributed by atoms with Crippen LogP contribution in [0.15, 0.2) is 48.5 Å². The van der Waals surface area contributed by atoms with Gasteiger partial charge in [0.2, 0.25) is 0 Å². The highest BCUT2D eigenvalue weighted by molar-refractivity contribution is 7.18. The minimum Gasteiger partial charge on any atom is -0.241 e. The minimum atomic E-state index is -0.182. The van der Waals surface area contributed by atoms with Crippen LogP contribution < -0.4 is 0 Å². The molecule has 0 aliphatic rings. The van der Waals surface area contributed by atoms with Crippen molar-refractivity contribution in [1.29, 1.82) is 0 Å². The van der Waals surface area contributed by atoms with Crippen LogP contribution in [0.3, 0.4) is 0 Å². The number of aryl methyl sites for hydroxylation is 2. The molecule has 1 aromatic heterocycles. The Morgan fingerprint density at radius 2 is 1.72 bits per heavy atom. The summed E-state index contributed by atoms with van der Waals surface area (Å²) in [7, 11) is 0. The van der Waals surface area contributed by atoms with Gasteiger partial charge in [-0.15, -0.1) is 11.3 Å². The maximum atomic E-state index is 12.8. The van der Waals surface area contributed by atoms with E-state index >= 15 is 0 Å². The van der Waals surface area contributed by atoms with Gasteiger partial charge in [-0.3, -0.25) is 0 Å². The molecule has 1 heterocycles. The number of aromatic nitrogens is 1. The summed E-state index contributed by atoms with van der Waals surface area (Å²) >= 11 is 1.73. The molecule has 0 saturated carbocycles. The van der Waals surface area contributed by atoms with Crippen LogP contribution in [-0.2, 0) is 12.8 Å². The summed E-state index contributed by atoms with van der Waals surface area (Å²) in [6.45, 7) is 0. The van der Waals surface area contributed by atoms with E-state index in [9.17, 15) is 4.39 Å². The van der Waals surface area contributed by atoms with Crippen molar-refractivity contribution in [2.24, 2.45) is 0 Å². The molecule has 2 aromatic carbocycles. The average Bonchev–Trinajstić information content (AvgIpc) is 2.81.